The van der Waals surface area contributed by atoms with E-state index in [9.17, 15) is 0 Å². The van der Waals surface area contributed by atoms with Gasteiger partial charge in [0.25, 0.3) is 0 Å². The molecule has 3 aromatic carbocycles. The minimum atomic E-state index is -4.05. The van der Waals surface area contributed by atoms with Crippen molar-refractivity contribution in [1.29, 1.82) is 0 Å². The van der Waals surface area contributed by atoms with Crippen molar-refractivity contribution in [1.82, 2.24) is 0 Å². The van der Waals surface area contributed by atoms with Crippen LogP contribution in [0, 0.1) is 11.8 Å². The largest absolute Gasteiger partial charge is 0.147 e. The molecule has 0 heterocycles. The molecule has 0 fully saturated rings. The summed E-state index contributed by atoms with van der Waals surface area (Å²) in [5.74, 6) is 0.916. The van der Waals surface area contributed by atoms with Crippen molar-refractivity contribution in [3.63, 3.8) is 0 Å². The van der Waals surface area contributed by atoms with E-state index in [1.165, 1.54) is 45.6 Å². The predicted molar refractivity (Wildman–Crippen MR) is 186 cm³/mol. The zero-order chi connectivity index (χ0) is 28.0. The van der Waals surface area contributed by atoms with Gasteiger partial charge in [-0.25, -0.2) is 0 Å². The maximum atomic E-state index is 2.79. The van der Waals surface area contributed by atoms with E-state index in [2.05, 4.69) is 137 Å². The van der Waals surface area contributed by atoms with Crippen LogP contribution in [0.25, 0.3) is 11.1 Å². The summed E-state index contributed by atoms with van der Waals surface area (Å²) in [5, 5.41) is 0. The molecule has 4 heteroatoms. The van der Waals surface area contributed by atoms with Crippen LogP contribution in [0.4, 0.5) is 0 Å². The molecule has 0 aliphatic heterocycles. The molecular weight excluding hydrogens is 766 g/mol. The second-order valence-corrected chi connectivity index (χ2v) is 63.0. The van der Waals surface area contributed by atoms with Gasteiger partial charge in [0.15, 0.2) is 0 Å². The van der Waals surface area contributed by atoms with Gasteiger partial charge in [-0.3, -0.25) is 0 Å². The summed E-state index contributed by atoms with van der Waals surface area (Å²) in [6.45, 7) is 14.3. The number of allylic oxidation sites excluding steroid dienone is 8. The van der Waals surface area contributed by atoms with Gasteiger partial charge in [-0.05, 0) is 0 Å². The Morgan fingerprint density at radius 3 is 1.44 bits per heavy atom. The van der Waals surface area contributed by atoms with Gasteiger partial charge in [0.2, 0.25) is 0 Å². The fourth-order valence-corrected chi connectivity index (χ4v) is 57.2. The smallest absolute Gasteiger partial charge is 0.147 e. The van der Waals surface area contributed by atoms with Gasteiger partial charge < -0.3 is 0 Å². The van der Waals surface area contributed by atoms with Gasteiger partial charge in [-0.2, -0.15) is 0 Å². The van der Waals surface area contributed by atoms with Crippen LogP contribution in [-0.2, 0) is 28.2 Å². The summed E-state index contributed by atoms with van der Waals surface area (Å²) < 4.78 is 8.03. The summed E-state index contributed by atoms with van der Waals surface area (Å²) in [7, 11) is 0. The quantitative estimate of drug-likeness (QED) is 0.209. The number of rotatable bonds is 7. The first-order valence-corrected chi connectivity index (χ1v) is 38.4. The maximum Gasteiger partial charge on any atom is -0.147 e. The van der Waals surface area contributed by atoms with Gasteiger partial charge in [0.1, 0.15) is 0 Å². The minimum Gasteiger partial charge on any atom is -0.147 e. The summed E-state index contributed by atoms with van der Waals surface area (Å²) in [4.78, 5) is 0. The number of benzene rings is 3. The van der Waals surface area contributed by atoms with Gasteiger partial charge in [0.05, 0.1) is 0 Å². The average Bonchev–Trinajstić information content (AvgIpc) is 3.44. The molecule has 0 spiro atoms. The third-order valence-electron chi connectivity index (χ3n) is 9.67. The molecule has 2 aliphatic carbocycles. The van der Waals surface area contributed by atoms with Crippen LogP contribution < -0.4 is 3.32 Å². The Kier molecular flexibility index (Phi) is 10.9. The van der Waals surface area contributed by atoms with Crippen molar-refractivity contribution in [2.75, 3.05) is 0 Å². The van der Waals surface area contributed by atoms with Crippen molar-refractivity contribution in [3.05, 3.63) is 131 Å². The van der Waals surface area contributed by atoms with Crippen molar-refractivity contribution in [3.8, 4) is 0 Å². The van der Waals surface area contributed by atoms with E-state index in [0.29, 0.717) is 11.8 Å². The second kappa shape index (κ2) is 13.1. The van der Waals surface area contributed by atoms with Gasteiger partial charge in [0, 0.05) is 0 Å². The fourth-order valence-electron chi connectivity index (χ4n) is 8.03. The third kappa shape index (κ3) is 5.78. The zero-order valence-corrected chi connectivity index (χ0v) is 33.9. The Morgan fingerprint density at radius 2 is 1.05 bits per heavy atom. The van der Waals surface area contributed by atoms with Crippen molar-refractivity contribution < 1.29 is 15.4 Å². The summed E-state index contributed by atoms with van der Waals surface area (Å²) >= 11 is -2.70. The normalized spacial score (nSPS) is 19.0. The Labute approximate surface area is 266 Å². The fraction of sp³-hybridized carbons (Fsp3) is 0.297. The van der Waals surface area contributed by atoms with Gasteiger partial charge >= 0.3 is 244 Å². The van der Waals surface area contributed by atoms with Crippen molar-refractivity contribution >= 4 is 51.5 Å². The summed E-state index contributed by atoms with van der Waals surface area (Å²) in [6, 6.07) is 30.2. The summed E-state index contributed by atoms with van der Waals surface area (Å²) in [5.41, 5.74) is 11.7. The molecule has 0 N–H and O–H groups in total. The second-order valence-electron chi connectivity index (χ2n) is 12.3. The Hall–Kier alpha value is -1.39. The Balaban J connectivity index is 0.00000231. The first kappa shape index (κ1) is 34.1. The Bertz CT molecular complexity index is 1540. The number of hydrogen-bond acceptors (Lipinski definition) is 0. The van der Waals surface area contributed by atoms with Crippen molar-refractivity contribution in [2.24, 2.45) is 11.8 Å². The van der Waals surface area contributed by atoms with E-state index in [4.69, 9.17) is 0 Å². The van der Waals surface area contributed by atoms with Crippen LogP contribution in [0.15, 0.2) is 109 Å². The van der Waals surface area contributed by atoms with Gasteiger partial charge in [-0.15, -0.1) is 24.8 Å². The van der Waals surface area contributed by atoms with E-state index in [-0.39, 0.29) is 24.8 Å². The molecule has 216 valence electrons. The molecule has 2 unspecified atom stereocenters. The van der Waals surface area contributed by atoms with Crippen molar-refractivity contribution in [2.45, 2.75) is 59.1 Å². The molecule has 5 rings (SSSR count). The van der Waals surface area contributed by atoms with E-state index in [1.54, 1.807) is 21.1 Å². The Morgan fingerprint density at radius 1 is 0.634 bits per heavy atom. The molecule has 0 amide bonds. The molecule has 0 saturated heterocycles. The molecule has 0 bridgehead atoms. The molecule has 0 nitrogen and oxygen atoms in total. The molecule has 41 heavy (non-hydrogen) atoms. The van der Waals surface area contributed by atoms with E-state index in [1.807, 2.05) is 0 Å². The number of halogens is 2. The molecule has 0 radical (unpaired) electrons. The topological polar surface area (TPSA) is 0 Å². The number of aryl methyl sites for hydroxylation is 2. The van der Waals surface area contributed by atoms with Gasteiger partial charge in [-0.1, -0.05) is 0 Å². The first-order valence-electron chi connectivity index (χ1n) is 14.8. The summed E-state index contributed by atoms with van der Waals surface area (Å²) in [6.07, 6.45) is 7.33. The van der Waals surface area contributed by atoms with Crippen LogP contribution in [0.3, 0.4) is 0 Å². The maximum absolute atomic E-state index is 4.05. The van der Waals surface area contributed by atoms with E-state index >= 15 is 0 Å². The van der Waals surface area contributed by atoms with E-state index < -0.39 is 15.4 Å². The number of hydrogen-bond donors (Lipinski definition) is 0. The minimum absolute atomic E-state index is 0. The third-order valence-corrected chi connectivity index (χ3v) is 53.0. The van der Waals surface area contributed by atoms with Crippen LogP contribution >= 0.6 is 24.8 Å². The average molecular weight is 813 g/mol. The standard InChI is InChI=1S/2C15H17.C6H5.CH3.2ClH.GeH2.Hf/c2*1-4-13-6-5-7-14(10-13)15-9-11(2)8-12(15)3;1-2-4-6-5-3-1;;;;;/h2*5-7,9-11H,4H2,1-3H3;1-5H;1H3;2*1H;1H2;. The SMILES string of the molecule is CCc1cccc(C2=CC(C)[C]([Hf]([CH3])(=[GeH2])([C]3=C(C)C(c4cccc(CC)c4)=CC3C)[c]3ccccc3)=C2C)c1.Cl.Cl. The first-order chi connectivity index (χ1) is 18.6. The van der Waals surface area contributed by atoms with Crippen LogP contribution in [0.1, 0.15) is 63.8 Å². The van der Waals surface area contributed by atoms with Crippen LogP contribution in [-0.4, -0.2) is 12.2 Å². The molecule has 3 aromatic rings. The molecular formula is C37H46Cl2GeHf. The molecule has 2 aliphatic rings. The predicted octanol–water partition coefficient (Wildman–Crippen LogP) is 9.58. The molecule has 2 atom stereocenters. The monoisotopic (exact) mass is 814 g/mol. The van der Waals surface area contributed by atoms with Crippen LogP contribution in [0.5, 0.6) is 0 Å². The van der Waals surface area contributed by atoms with E-state index in [0.717, 1.165) is 12.8 Å². The molecule has 0 aromatic heterocycles. The van der Waals surface area contributed by atoms with Crippen LogP contribution in [0.2, 0.25) is 4.68 Å². The molecule has 0 saturated carbocycles. The zero-order valence-electron chi connectivity index (χ0n) is 25.8.